The fourth-order valence-electron chi connectivity index (χ4n) is 2.77. The zero-order valence-electron chi connectivity index (χ0n) is 15.2. The first-order chi connectivity index (χ1) is 13.7. The van der Waals surface area contributed by atoms with E-state index in [0.717, 1.165) is 28.5 Å². The summed E-state index contributed by atoms with van der Waals surface area (Å²) in [6.45, 7) is 1.92. The van der Waals surface area contributed by atoms with Crippen LogP contribution in [0, 0.1) is 18.3 Å². The number of hydrogen-bond donors (Lipinski definition) is 1. The van der Waals surface area contributed by atoms with Crippen LogP contribution in [0.25, 0.3) is 22.5 Å². The third-order valence-electron chi connectivity index (χ3n) is 4.11. The Kier molecular flexibility index (Phi) is 5.00. The maximum absolute atomic E-state index is 9.52. The predicted octanol–water partition coefficient (Wildman–Crippen LogP) is 5.28. The van der Waals surface area contributed by atoms with E-state index in [1.807, 2.05) is 83.7 Å². The molecule has 6 heteroatoms. The summed E-state index contributed by atoms with van der Waals surface area (Å²) in [7, 11) is 0. The lowest BCUT2D eigenvalue weighted by atomic mass is 10.2. The number of nitriles is 1. The lowest BCUT2D eigenvalue weighted by Gasteiger charge is -2.07. The molecule has 4 aromatic rings. The van der Waals surface area contributed by atoms with Gasteiger partial charge in [-0.2, -0.15) is 10.4 Å². The average Bonchev–Trinajstić information content (AvgIpc) is 3.37. The van der Waals surface area contributed by atoms with Gasteiger partial charge in [0.05, 0.1) is 11.4 Å². The summed E-state index contributed by atoms with van der Waals surface area (Å²) in [5, 5.41) is 20.2. The fraction of sp³-hybridized carbons (Fsp3) is 0.0455. The molecule has 0 saturated carbocycles. The number of thiazole rings is 1. The summed E-state index contributed by atoms with van der Waals surface area (Å²) in [6, 6.07) is 24.1. The maximum Gasteiger partial charge on any atom is 0.135 e. The second-order valence-corrected chi connectivity index (χ2v) is 6.99. The fourth-order valence-corrected chi connectivity index (χ4v) is 3.53. The zero-order chi connectivity index (χ0) is 19.3. The molecule has 0 aliphatic carbocycles. The monoisotopic (exact) mass is 383 g/mol. The number of rotatable bonds is 5. The van der Waals surface area contributed by atoms with E-state index in [9.17, 15) is 5.26 Å². The second-order valence-electron chi connectivity index (χ2n) is 6.14. The van der Waals surface area contributed by atoms with Crippen molar-refractivity contribution in [3.8, 4) is 23.0 Å². The van der Waals surface area contributed by atoms with E-state index in [-0.39, 0.29) is 0 Å². The van der Waals surface area contributed by atoms with Crippen molar-refractivity contribution in [3.05, 3.63) is 89.0 Å². The molecule has 4 rings (SSSR count). The number of nitrogens with one attached hydrogen (secondary N) is 1. The highest BCUT2D eigenvalue weighted by atomic mass is 32.1. The predicted molar refractivity (Wildman–Crippen MR) is 113 cm³/mol. The molecular weight excluding hydrogens is 366 g/mol. The summed E-state index contributed by atoms with van der Waals surface area (Å²) in [5.41, 5.74) is 4.20. The molecule has 5 nitrogen and oxygen atoms in total. The lowest BCUT2D eigenvalue weighted by molar-refractivity contribution is 0.891. The van der Waals surface area contributed by atoms with Crippen LogP contribution in [0.15, 0.2) is 78.3 Å². The summed E-state index contributed by atoms with van der Waals surface area (Å²) in [4.78, 5) is 4.39. The Hall–Kier alpha value is -3.69. The molecule has 2 aromatic carbocycles. The average molecular weight is 383 g/mol. The molecule has 0 fully saturated rings. The largest absolute Gasteiger partial charge is 0.345 e. The number of aromatic nitrogens is 3. The van der Waals surface area contributed by atoms with E-state index in [1.54, 1.807) is 6.20 Å². The normalized spacial score (nSPS) is 11.2. The molecule has 2 heterocycles. The Morgan fingerprint density at radius 3 is 2.46 bits per heavy atom. The number of benzene rings is 2. The van der Waals surface area contributed by atoms with Gasteiger partial charge in [0, 0.05) is 28.9 Å². The van der Waals surface area contributed by atoms with E-state index in [1.165, 1.54) is 11.3 Å². The van der Waals surface area contributed by atoms with Crippen molar-refractivity contribution in [1.82, 2.24) is 14.8 Å². The molecule has 0 radical (unpaired) electrons. The van der Waals surface area contributed by atoms with Crippen molar-refractivity contribution < 1.29 is 0 Å². The Balaban J connectivity index is 1.74. The minimum atomic E-state index is 0.486. The van der Waals surface area contributed by atoms with Crippen molar-refractivity contribution in [1.29, 1.82) is 5.26 Å². The highest BCUT2D eigenvalue weighted by Gasteiger charge is 2.11. The van der Waals surface area contributed by atoms with Crippen molar-refractivity contribution in [2.75, 3.05) is 5.32 Å². The smallest absolute Gasteiger partial charge is 0.135 e. The van der Waals surface area contributed by atoms with Gasteiger partial charge < -0.3 is 5.32 Å². The Labute approximate surface area is 167 Å². The highest BCUT2D eigenvalue weighted by Crippen LogP contribution is 2.26. The van der Waals surface area contributed by atoms with Crippen molar-refractivity contribution in [3.63, 3.8) is 0 Å². The van der Waals surface area contributed by atoms with Gasteiger partial charge in [0.15, 0.2) is 0 Å². The van der Waals surface area contributed by atoms with Crippen LogP contribution in [-0.2, 0) is 0 Å². The van der Waals surface area contributed by atoms with E-state index < -0.39 is 0 Å². The third-order valence-corrected chi connectivity index (χ3v) is 5.11. The van der Waals surface area contributed by atoms with Crippen molar-refractivity contribution >= 4 is 22.7 Å². The topological polar surface area (TPSA) is 66.5 Å². The number of aryl methyl sites for hydroxylation is 1. The van der Waals surface area contributed by atoms with Gasteiger partial charge in [0.1, 0.15) is 22.5 Å². The van der Waals surface area contributed by atoms with Gasteiger partial charge in [-0.25, -0.2) is 9.67 Å². The maximum atomic E-state index is 9.52. The first-order valence-corrected chi connectivity index (χ1v) is 9.63. The molecule has 0 atom stereocenters. The van der Waals surface area contributed by atoms with Gasteiger partial charge in [-0.1, -0.05) is 48.5 Å². The van der Waals surface area contributed by atoms with Gasteiger partial charge in [0.2, 0.25) is 0 Å². The summed E-state index contributed by atoms with van der Waals surface area (Å²) < 4.78 is 1.83. The van der Waals surface area contributed by atoms with Crippen molar-refractivity contribution in [2.24, 2.45) is 0 Å². The molecule has 28 heavy (non-hydrogen) atoms. The Morgan fingerprint density at radius 1 is 1.11 bits per heavy atom. The molecule has 0 aliphatic rings. The Morgan fingerprint density at radius 2 is 1.82 bits per heavy atom. The molecule has 2 aromatic heterocycles. The van der Waals surface area contributed by atoms with Crippen LogP contribution in [0.2, 0.25) is 0 Å². The van der Waals surface area contributed by atoms with Crippen LogP contribution < -0.4 is 5.32 Å². The molecule has 0 spiro atoms. The number of hydrogen-bond acceptors (Lipinski definition) is 5. The minimum Gasteiger partial charge on any atom is -0.345 e. The van der Waals surface area contributed by atoms with Crippen LogP contribution in [-0.4, -0.2) is 14.8 Å². The number of para-hydroxylation sites is 1. The molecule has 0 unspecified atom stereocenters. The zero-order valence-corrected chi connectivity index (χ0v) is 16.0. The van der Waals surface area contributed by atoms with Crippen molar-refractivity contribution in [2.45, 2.75) is 6.92 Å². The van der Waals surface area contributed by atoms with Crippen LogP contribution in [0.4, 0.5) is 5.82 Å². The molecule has 1 N–H and O–H groups in total. The highest BCUT2D eigenvalue weighted by molar-refractivity contribution is 7.10. The van der Waals surface area contributed by atoms with E-state index in [4.69, 9.17) is 5.10 Å². The molecule has 136 valence electrons. The van der Waals surface area contributed by atoms with Crippen LogP contribution >= 0.6 is 11.3 Å². The molecule has 0 bridgehead atoms. The summed E-state index contributed by atoms with van der Waals surface area (Å²) in [6.07, 6.45) is 1.68. The molecule has 0 amide bonds. The minimum absolute atomic E-state index is 0.486. The van der Waals surface area contributed by atoms with Gasteiger partial charge >= 0.3 is 0 Å². The standard InChI is InChI=1S/C22H17N5S/c1-16-15-28-22(25-16)18(13-23)14-24-21-12-20(17-8-4-2-5-9-17)26-27(21)19-10-6-3-7-11-19/h2-12,14-15,24H,1H3/b18-14+. The van der Waals surface area contributed by atoms with E-state index in [2.05, 4.69) is 16.4 Å². The van der Waals surface area contributed by atoms with Gasteiger partial charge in [-0.05, 0) is 19.1 Å². The van der Waals surface area contributed by atoms with Crippen LogP contribution in [0.1, 0.15) is 10.7 Å². The van der Waals surface area contributed by atoms with E-state index >= 15 is 0 Å². The lowest BCUT2D eigenvalue weighted by Crippen LogP contribution is -2.02. The SMILES string of the molecule is Cc1csc(/C(C#N)=C/Nc2cc(-c3ccccc3)nn2-c2ccccc2)n1. The van der Waals surface area contributed by atoms with Gasteiger partial charge in [0.25, 0.3) is 0 Å². The quantitative estimate of drug-likeness (QED) is 0.476. The molecule has 0 aliphatic heterocycles. The number of anilines is 1. The number of nitrogens with zero attached hydrogens (tertiary/aromatic N) is 4. The summed E-state index contributed by atoms with van der Waals surface area (Å²) >= 11 is 1.46. The number of allylic oxidation sites excluding steroid dienone is 1. The first kappa shape index (κ1) is 17.7. The second kappa shape index (κ2) is 7.91. The summed E-state index contributed by atoms with van der Waals surface area (Å²) in [5.74, 6) is 0.770. The first-order valence-electron chi connectivity index (χ1n) is 8.75. The van der Waals surface area contributed by atoms with E-state index in [0.29, 0.717) is 10.6 Å². The Bertz CT molecular complexity index is 1150. The third kappa shape index (κ3) is 3.70. The van der Waals surface area contributed by atoms with Crippen LogP contribution in [0.3, 0.4) is 0 Å². The molecule has 0 saturated heterocycles. The molecular formula is C22H17N5S. The van der Waals surface area contributed by atoms with Gasteiger partial charge in [-0.3, -0.25) is 0 Å². The van der Waals surface area contributed by atoms with Crippen LogP contribution in [0.5, 0.6) is 0 Å². The van der Waals surface area contributed by atoms with Gasteiger partial charge in [-0.15, -0.1) is 11.3 Å².